The van der Waals surface area contributed by atoms with Gasteiger partial charge in [-0.15, -0.1) is 0 Å². The number of ether oxygens (including phenoxy) is 3. The highest BCUT2D eigenvalue weighted by atomic mass is 16.7. The van der Waals surface area contributed by atoms with Gasteiger partial charge in [-0.05, 0) is 70.1 Å². The second-order valence-electron chi connectivity index (χ2n) is 14.1. The number of aryl methyl sites for hydroxylation is 2. The number of hydrogen-bond donors (Lipinski definition) is 0. The van der Waals surface area contributed by atoms with Crippen molar-refractivity contribution in [3.8, 4) is 0 Å². The van der Waals surface area contributed by atoms with E-state index in [4.69, 9.17) is 14.2 Å². The van der Waals surface area contributed by atoms with Crippen molar-refractivity contribution in [2.75, 3.05) is 19.8 Å². The zero-order valence-corrected chi connectivity index (χ0v) is 28.3. The molecule has 4 fully saturated rings. The summed E-state index contributed by atoms with van der Waals surface area (Å²) in [6.07, 6.45) is 14.9. The number of benzene rings is 1. The Morgan fingerprint density at radius 3 is 0.951 bits per heavy atom. The fraction of sp³-hybridized carbons (Fsp3) is 0.842. The van der Waals surface area contributed by atoms with Crippen molar-refractivity contribution in [3.05, 3.63) is 35.4 Å². The summed E-state index contributed by atoms with van der Waals surface area (Å²) in [5, 5.41) is 0. The Balaban J connectivity index is 0.000000485. The fourth-order valence-corrected chi connectivity index (χ4v) is 5.20. The zero-order chi connectivity index (χ0) is 29.9. The van der Waals surface area contributed by atoms with Crippen LogP contribution in [0.3, 0.4) is 0 Å². The van der Waals surface area contributed by atoms with Crippen LogP contribution in [0.25, 0.3) is 0 Å². The van der Waals surface area contributed by atoms with Crippen molar-refractivity contribution in [1.82, 2.24) is 0 Å². The average molecular weight is 577 g/mol. The molecule has 41 heavy (non-hydrogen) atoms. The number of hydrogen-bond acceptors (Lipinski definition) is 3. The summed E-state index contributed by atoms with van der Waals surface area (Å²) in [7, 11) is 0. The molecule has 0 aromatic heterocycles. The highest BCUT2D eigenvalue weighted by molar-refractivity contribution is 5.19. The Labute approximate surface area is 257 Å². The van der Waals surface area contributed by atoms with Gasteiger partial charge in [0, 0.05) is 12.5 Å². The molecule has 2 heterocycles. The molecule has 0 bridgehead atoms. The van der Waals surface area contributed by atoms with Crippen molar-refractivity contribution < 1.29 is 14.2 Å². The van der Waals surface area contributed by atoms with Crippen LogP contribution in [0.4, 0.5) is 0 Å². The van der Waals surface area contributed by atoms with Gasteiger partial charge < -0.3 is 14.2 Å². The Hall–Kier alpha value is -0.900. The van der Waals surface area contributed by atoms with E-state index in [0.717, 1.165) is 49.4 Å². The maximum Gasteiger partial charge on any atom is 0.154 e. The van der Waals surface area contributed by atoms with E-state index in [9.17, 15) is 0 Å². The van der Waals surface area contributed by atoms with Gasteiger partial charge in [-0.2, -0.15) is 0 Å². The summed E-state index contributed by atoms with van der Waals surface area (Å²) >= 11 is 0. The van der Waals surface area contributed by atoms with E-state index in [1.807, 2.05) is 6.92 Å². The van der Waals surface area contributed by atoms with Gasteiger partial charge in [0.1, 0.15) is 0 Å². The average Bonchev–Trinajstić information content (AvgIpc) is 2.94. The van der Waals surface area contributed by atoms with Gasteiger partial charge in [0.2, 0.25) is 0 Å². The normalized spacial score (nSPS) is 32.8. The first-order valence-corrected chi connectivity index (χ1v) is 16.8. The third-order valence-corrected chi connectivity index (χ3v) is 8.79. The van der Waals surface area contributed by atoms with Crippen LogP contribution in [0.15, 0.2) is 24.3 Å². The minimum absolute atomic E-state index is 0. The monoisotopic (exact) mass is 577 g/mol. The van der Waals surface area contributed by atoms with Crippen molar-refractivity contribution in [2.24, 2.45) is 35.5 Å². The van der Waals surface area contributed by atoms with E-state index in [-0.39, 0.29) is 13.7 Å². The van der Waals surface area contributed by atoms with Crippen LogP contribution in [0.1, 0.15) is 138 Å². The van der Waals surface area contributed by atoms with Gasteiger partial charge in [0.15, 0.2) is 6.29 Å². The summed E-state index contributed by atoms with van der Waals surface area (Å²) in [6.45, 7) is 24.8. The third-order valence-electron chi connectivity index (χ3n) is 8.79. The molecule has 4 aliphatic rings. The zero-order valence-electron chi connectivity index (χ0n) is 28.3. The van der Waals surface area contributed by atoms with E-state index in [1.165, 1.54) is 75.3 Å². The smallest absolute Gasteiger partial charge is 0.154 e. The van der Waals surface area contributed by atoms with Crippen molar-refractivity contribution in [1.29, 1.82) is 0 Å². The lowest BCUT2D eigenvalue weighted by molar-refractivity contribution is -0.187. The minimum atomic E-state index is 0. The highest BCUT2D eigenvalue weighted by Gasteiger charge is 2.15. The first kappa shape index (κ1) is 40.1. The van der Waals surface area contributed by atoms with E-state index < -0.39 is 0 Å². The Morgan fingerprint density at radius 2 is 0.707 bits per heavy atom. The highest BCUT2D eigenvalue weighted by Crippen LogP contribution is 2.28. The van der Waals surface area contributed by atoms with E-state index in [0.29, 0.717) is 12.0 Å². The molecule has 2 atom stereocenters. The maximum atomic E-state index is 5.39. The molecule has 1 aromatic rings. The standard InChI is InChI=1S/2C8H16.C8H10.C7H14O.C6H12O2.CH4/c3*1-7-3-5-8(2)6-4-7;1-6-3-4-7(2)8-5-6;1-5-3-7-6(2)8-4-5;/h2*7-8H,3-6H2,1-2H3;3-6H,1-2H3;6-7H,3-5H2,1-2H3;5-6H,3-4H2,1-2H3;1H4. The topological polar surface area (TPSA) is 27.7 Å². The predicted octanol–water partition coefficient (Wildman–Crippen LogP) is 11.4. The molecule has 3 heteroatoms. The summed E-state index contributed by atoms with van der Waals surface area (Å²) in [4.78, 5) is 0. The molecule has 5 rings (SSSR count). The van der Waals surface area contributed by atoms with Crippen LogP contribution in [0, 0.1) is 49.4 Å². The second-order valence-corrected chi connectivity index (χ2v) is 14.1. The van der Waals surface area contributed by atoms with Gasteiger partial charge in [-0.1, -0.05) is 136 Å². The van der Waals surface area contributed by atoms with Gasteiger partial charge in [0.25, 0.3) is 0 Å². The number of rotatable bonds is 0. The van der Waals surface area contributed by atoms with Gasteiger partial charge in [-0.3, -0.25) is 0 Å². The molecule has 0 radical (unpaired) electrons. The Morgan fingerprint density at radius 1 is 0.415 bits per heavy atom. The van der Waals surface area contributed by atoms with Crippen LogP contribution < -0.4 is 0 Å². The fourth-order valence-electron chi connectivity index (χ4n) is 5.20. The molecular weight excluding hydrogens is 504 g/mol. The molecule has 0 amide bonds. The van der Waals surface area contributed by atoms with Crippen LogP contribution >= 0.6 is 0 Å². The van der Waals surface area contributed by atoms with Gasteiger partial charge >= 0.3 is 0 Å². The molecule has 2 unspecified atom stereocenters. The molecule has 2 aliphatic carbocycles. The summed E-state index contributed by atoms with van der Waals surface area (Å²) in [5.41, 5.74) is 2.66. The SMILES string of the molecule is C.CC1CCC(C)CC1.CC1CCC(C)CC1.CC1CCC(C)OC1.CC1COC(C)OC1.Cc1ccc(C)cc1. The van der Waals surface area contributed by atoms with Crippen molar-refractivity contribution in [3.63, 3.8) is 0 Å². The minimum Gasteiger partial charge on any atom is -0.378 e. The largest absolute Gasteiger partial charge is 0.378 e. The molecular formula is C38H72O3. The van der Waals surface area contributed by atoms with Crippen LogP contribution in [-0.2, 0) is 14.2 Å². The predicted molar refractivity (Wildman–Crippen MR) is 181 cm³/mol. The van der Waals surface area contributed by atoms with Gasteiger partial charge in [0.05, 0.1) is 19.3 Å². The molecule has 2 aliphatic heterocycles. The Bertz CT molecular complexity index is 544. The summed E-state index contributed by atoms with van der Waals surface area (Å²) in [5.74, 6) is 5.45. The second kappa shape index (κ2) is 23.5. The van der Waals surface area contributed by atoms with Crippen molar-refractivity contribution >= 4 is 0 Å². The van der Waals surface area contributed by atoms with Crippen LogP contribution in [0.2, 0.25) is 0 Å². The molecule has 2 saturated heterocycles. The lowest BCUT2D eigenvalue weighted by atomic mass is 9.84. The first-order chi connectivity index (χ1) is 18.9. The van der Waals surface area contributed by atoms with Crippen LogP contribution in [0.5, 0.6) is 0 Å². The molecule has 0 N–H and O–H groups in total. The summed E-state index contributed by atoms with van der Waals surface area (Å²) in [6, 6.07) is 8.48. The van der Waals surface area contributed by atoms with Gasteiger partial charge in [-0.25, -0.2) is 0 Å². The van der Waals surface area contributed by atoms with Crippen molar-refractivity contribution in [2.45, 2.75) is 153 Å². The molecule has 242 valence electrons. The Kier molecular flexibility index (Phi) is 23.0. The summed E-state index contributed by atoms with van der Waals surface area (Å²) < 4.78 is 15.7. The maximum absolute atomic E-state index is 5.39. The van der Waals surface area contributed by atoms with Crippen LogP contribution in [-0.4, -0.2) is 32.2 Å². The van der Waals surface area contributed by atoms with E-state index in [1.54, 1.807) is 0 Å². The molecule has 2 saturated carbocycles. The lowest BCUT2D eigenvalue weighted by Gasteiger charge is -2.24. The third kappa shape index (κ3) is 22.3. The quantitative estimate of drug-likeness (QED) is 0.307. The molecule has 0 spiro atoms. The molecule has 3 nitrogen and oxygen atoms in total. The molecule has 1 aromatic carbocycles. The lowest BCUT2D eigenvalue weighted by Crippen LogP contribution is -2.27. The van der Waals surface area contributed by atoms with E-state index >= 15 is 0 Å². The first-order valence-electron chi connectivity index (χ1n) is 16.8. The van der Waals surface area contributed by atoms with E-state index in [2.05, 4.69) is 86.6 Å².